The van der Waals surface area contributed by atoms with Crippen LogP contribution in [0.15, 0.2) is 53.4 Å². The molecule has 1 amide bonds. The molecule has 0 spiro atoms. The monoisotopic (exact) mass is 331 g/mol. The number of thioether (sulfide) groups is 1. The summed E-state index contributed by atoms with van der Waals surface area (Å²) in [5.74, 6) is -0.682. The number of nitrogens with zero attached hydrogens (tertiary/aromatic N) is 1. The fraction of sp³-hybridized carbons (Fsp3) is 0. The van der Waals surface area contributed by atoms with E-state index in [0.29, 0.717) is 20.5 Å². The summed E-state index contributed by atoms with van der Waals surface area (Å²) in [6.07, 6.45) is 1.48. The Morgan fingerprint density at radius 1 is 1.18 bits per heavy atom. The van der Waals surface area contributed by atoms with Gasteiger partial charge in [-0.1, -0.05) is 48.2 Å². The average Bonchev–Trinajstić information content (AvgIpc) is 2.76. The summed E-state index contributed by atoms with van der Waals surface area (Å²) < 4.78 is 14.0. The zero-order valence-corrected chi connectivity index (χ0v) is 12.8. The van der Waals surface area contributed by atoms with E-state index in [-0.39, 0.29) is 11.7 Å². The number of carbonyl (C=O) groups is 1. The first-order chi connectivity index (χ1) is 10.6. The number of benzene rings is 2. The highest BCUT2D eigenvalue weighted by Gasteiger charge is 2.33. The van der Waals surface area contributed by atoms with Gasteiger partial charge < -0.3 is 5.11 Å². The second-order valence-corrected chi connectivity index (χ2v) is 6.23. The number of phenolic OH excluding ortho intramolecular Hbond substituents is 1. The molecule has 2 aromatic carbocycles. The Kier molecular flexibility index (Phi) is 3.96. The topological polar surface area (TPSA) is 40.5 Å². The Balaban J connectivity index is 1.97. The van der Waals surface area contributed by atoms with Crippen LogP contribution in [0.1, 0.15) is 5.56 Å². The molecule has 0 aromatic heterocycles. The molecule has 6 heteroatoms. The molecule has 2 aromatic rings. The quantitative estimate of drug-likeness (QED) is 0.668. The van der Waals surface area contributed by atoms with E-state index >= 15 is 0 Å². The average molecular weight is 331 g/mol. The highest BCUT2D eigenvalue weighted by Crippen LogP contribution is 2.37. The minimum absolute atomic E-state index is 0.0460. The maximum atomic E-state index is 13.7. The first-order valence-electron chi connectivity index (χ1n) is 6.38. The van der Waals surface area contributed by atoms with Gasteiger partial charge >= 0.3 is 0 Å². The van der Waals surface area contributed by atoms with Crippen LogP contribution in [0.4, 0.5) is 10.1 Å². The molecule has 0 saturated carbocycles. The van der Waals surface area contributed by atoms with Gasteiger partial charge in [-0.25, -0.2) is 4.39 Å². The van der Waals surface area contributed by atoms with Crippen LogP contribution in [0, 0.1) is 5.82 Å². The van der Waals surface area contributed by atoms with E-state index in [1.165, 1.54) is 29.2 Å². The van der Waals surface area contributed by atoms with E-state index in [0.717, 1.165) is 11.8 Å². The second kappa shape index (κ2) is 5.90. The number of amides is 1. The van der Waals surface area contributed by atoms with Gasteiger partial charge in [0.15, 0.2) is 4.32 Å². The molecular weight excluding hydrogens is 321 g/mol. The Labute approximate surface area is 136 Å². The van der Waals surface area contributed by atoms with E-state index in [4.69, 9.17) is 12.2 Å². The van der Waals surface area contributed by atoms with Crippen molar-refractivity contribution in [3.05, 3.63) is 64.8 Å². The molecule has 0 bridgehead atoms. The van der Waals surface area contributed by atoms with Crippen molar-refractivity contribution in [3.8, 4) is 5.75 Å². The van der Waals surface area contributed by atoms with Crippen molar-refractivity contribution in [1.29, 1.82) is 0 Å². The van der Waals surface area contributed by atoms with Gasteiger partial charge in [0.2, 0.25) is 0 Å². The number of halogens is 1. The third-order valence-electron chi connectivity index (χ3n) is 3.07. The van der Waals surface area contributed by atoms with Crippen molar-refractivity contribution < 1.29 is 14.3 Å². The molecule has 0 radical (unpaired) electrons. The normalized spacial score (nSPS) is 16.6. The van der Waals surface area contributed by atoms with Crippen molar-refractivity contribution >= 4 is 46.0 Å². The van der Waals surface area contributed by atoms with Crippen LogP contribution in [0.3, 0.4) is 0 Å². The van der Waals surface area contributed by atoms with Gasteiger partial charge in [-0.15, -0.1) is 0 Å². The Morgan fingerprint density at radius 3 is 2.68 bits per heavy atom. The van der Waals surface area contributed by atoms with Crippen LogP contribution in [0.25, 0.3) is 6.08 Å². The number of phenols is 1. The standard InChI is InChI=1S/C16H10FNO2S2/c17-13-7-2-1-4-10(13)8-14-15(20)18(16(21)22-14)11-5-3-6-12(19)9-11/h1-9,19H/b14-8-. The van der Waals surface area contributed by atoms with E-state index in [1.807, 2.05) is 0 Å². The Bertz CT molecular complexity index is 804. The molecule has 1 heterocycles. The molecule has 1 saturated heterocycles. The molecular formula is C16H10FNO2S2. The van der Waals surface area contributed by atoms with E-state index in [2.05, 4.69) is 0 Å². The maximum Gasteiger partial charge on any atom is 0.270 e. The summed E-state index contributed by atoms with van der Waals surface area (Å²) in [5, 5.41) is 9.53. The van der Waals surface area contributed by atoms with Crippen molar-refractivity contribution in [2.45, 2.75) is 0 Å². The SMILES string of the molecule is O=C1/C(=C/c2ccccc2F)SC(=S)N1c1cccc(O)c1. The number of anilines is 1. The fourth-order valence-electron chi connectivity index (χ4n) is 2.06. The fourth-order valence-corrected chi connectivity index (χ4v) is 3.35. The largest absolute Gasteiger partial charge is 0.508 e. The first-order valence-corrected chi connectivity index (χ1v) is 7.60. The lowest BCUT2D eigenvalue weighted by Gasteiger charge is -2.14. The predicted octanol–water partition coefficient (Wildman–Crippen LogP) is 3.94. The van der Waals surface area contributed by atoms with E-state index < -0.39 is 5.82 Å². The molecule has 0 aliphatic carbocycles. The number of aromatic hydroxyl groups is 1. The Morgan fingerprint density at radius 2 is 1.95 bits per heavy atom. The molecule has 1 aliphatic heterocycles. The number of rotatable bonds is 2. The van der Waals surface area contributed by atoms with Crippen LogP contribution in [-0.4, -0.2) is 15.3 Å². The molecule has 22 heavy (non-hydrogen) atoms. The van der Waals surface area contributed by atoms with Crippen molar-refractivity contribution in [2.75, 3.05) is 4.90 Å². The molecule has 0 unspecified atom stereocenters. The van der Waals surface area contributed by atoms with Crippen LogP contribution in [0.2, 0.25) is 0 Å². The number of thiocarbonyl (C=S) groups is 1. The summed E-state index contributed by atoms with van der Waals surface area (Å²) in [5.41, 5.74) is 0.818. The lowest BCUT2D eigenvalue weighted by atomic mass is 10.2. The number of hydrogen-bond acceptors (Lipinski definition) is 4. The summed E-state index contributed by atoms with van der Waals surface area (Å²) >= 11 is 6.33. The summed E-state index contributed by atoms with van der Waals surface area (Å²) in [7, 11) is 0. The van der Waals surface area contributed by atoms with Crippen LogP contribution in [-0.2, 0) is 4.79 Å². The van der Waals surface area contributed by atoms with Gasteiger partial charge in [-0.3, -0.25) is 9.69 Å². The maximum absolute atomic E-state index is 13.7. The van der Waals surface area contributed by atoms with Gasteiger partial charge in [-0.2, -0.15) is 0 Å². The van der Waals surface area contributed by atoms with Gasteiger partial charge in [-0.05, 0) is 24.3 Å². The summed E-state index contributed by atoms with van der Waals surface area (Å²) in [6, 6.07) is 12.5. The highest BCUT2D eigenvalue weighted by atomic mass is 32.2. The molecule has 1 N–H and O–H groups in total. The van der Waals surface area contributed by atoms with E-state index in [9.17, 15) is 14.3 Å². The number of carbonyl (C=O) groups excluding carboxylic acids is 1. The van der Waals surface area contributed by atoms with Crippen LogP contribution < -0.4 is 4.90 Å². The van der Waals surface area contributed by atoms with Crippen LogP contribution in [0.5, 0.6) is 5.75 Å². The van der Waals surface area contributed by atoms with Gasteiger partial charge in [0, 0.05) is 11.6 Å². The lowest BCUT2D eigenvalue weighted by molar-refractivity contribution is -0.113. The molecule has 1 fully saturated rings. The van der Waals surface area contributed by atoms with E-state index in [1.54, 1.807) is 30.3 Å². The van der Waals surface area contributed by atoms with Crippen molar-refractivity contribution in [1.82, 2.24) is 0 Å². The van der Waals surface area contributed by atoms with Gasteiger partial charge in [0.1, 0.15) is 11.6 Å². The molecule has 110 valence electrons. The van der Waals surface area contributed by atoms with Gasteiger partial charge in [0.05, 0.1) is 10.6 Å². The number of hydrogen-bond donors (Lipinski definition) is 1. The molecule has 3 rings (SSSR count). The summed E-state index contributed by atoms with van der Waals surface area (Å²) in [4.78, 5) is 14.2. The van der Waals surface area contributed by atoms with Crippen molar-refractivity contribution in [3.63, 3.8) is 0 Å². The second-order valence-electron chi connectivity index (χ2n) is 4.56. The molecule has 0 atom stereocenters. The highest BCUT2D eigenvalue weighted by molar-refractivity contribution is 8.27. The zero-order valence-electron chi connectivity index (χ0n) is 11.2. The predicted molar refractivity (Wildman–Crippen MR) is 90.2 cm³/mol. The minimum atomic E-state index is -0.398. The third kappa shape index (κ3) is 2.75. The summed E-state index contributed by atoms with van der Waals surface area (Å²) in [6.45, 7) is 0. The zero-order chi connectivity index (χ0) is 15.7. The molecule has 3 nitrogen and oxygen atoms in total. The van der Waals surface area contributed by atoms with Crippen LogP contribution >= 0.6 is 24.0 Å². The van der Waals surface area contributed by atoms with Crippen molar-refractivity contribution in [2.24, 2.45) is 0 Å². The first kappa shape index (κ1) is 14.7. The third-order valence-corrected chi connectivity index (χ3v) is 4.38. The lowest BCUT2D eigenvalue weighted by Crippen LogP contribution is -2.27. The minimum Gasteiger partial charge on any atom is -0.508 e. The smallest absolute Gasteiger partial charge is 0.270 e. The van der Waals surface area contributed by atoms with Gasteiger partial charge in [0.25, 0.3) is 5.91 Å². The molecule has 1 aliphatic rings. The Hall–Kier alpha value is -2.18.